The van der Waals surface area contributed by atoms with Crippen molar-refractivity contribution in [3.63, 3.8) is 0 Å². The second kappa shape index (κ2) is 7.39. The molecule has 0 N–H and O–H groups in total. The van der Waals surface area contributed by atoms with Crippen LogP contribution in [0.1, 0.15) is 5.76 Å². The van der Waals surface area contributed by atoms with Crippen LogP contribution < -0.4 is 4.74 Å². The number of carbonyl (C=O) groups excluding carboxylic acids is 2. The SMILES string of the molecule is C#CCN1C(=O)SC(=Cc2ccc(-c3ccc([N+](=O)[O-])cc3OC)o2)C1=O. The van der Waals surface area contributed by atoms with Crippen molar-refractivity contribution >= 4 is 34.7 Å². The number of imide groups is 1. The highest BCUT2D eigenvalue weighted by Crippen LogP contribution is 2.36. The molecular formula is C18H12N2O6S. The molecule has 8 nitrogen and oxygen atoms in total. The standard InChI is InChI=1S/C18H12N2O6S/c1-3-8-19-17(21)16(27-18(19)22)10-12-5-7-14(26-12)13-6-4-11(20(23)24)9-15(13)25-2/h1,4-7,9-10H,8H2,2H3. The van der Waals surface area contributed by atoms with E-state index in [4.69, 9.17) is 15.6 Å². The molecule has 1 aromatic carbocycles. The highest BCUT2D eigenvalue weighted by atomic mass is 32.2. The van der Waals surface area contributed by atoms with Gasteiger partial charge in [0.2, 0.25) is 0 Å². The Morgan fingerprint density at radius 2 is 2.15 bits per heavy atom. The van der Waals surface area contributed by atoms with Gasteiger partial charge in [0.1, 0.15) is 17.3 Å². The van der Waals surface area contributed by atoms with Gasteiger partial charge >= 0.3 is 0 Å². The number of nitro benzene ring substituents is 1. The van der Waals surface area contributed by atoms with Crippen molar-refractivity contribution in [3.05, 3.63) is 51.1 Å². The van der Waals surface area contributed by atoms with Gasteiger partial charge in [-0.05, 0) is 30.0 Å². The molecule has 2 amide bonds. The van der Waals surface area contributed by atoms with E-state index in [0.717, 1.165) is 16.7 Å². The zero-order chi connectivity index (χ0) is 19.6. The first-order chi connectivity index (χ1) is 12.9. The average Bonchev–Trinajstić information content (AvgIpc) is 3.21. The summed E-state index contributed by atoms with van der Waals surface area (Å²) >= 11 is 0.778. The van der Waals surface area contributed by atoms with Crippen molar-refractivity contribution in [1.29, 1.82) is 0 Å². The molecule has 0 spiro atoms. The Kier molecular flexibility index (Phi) is 5.00. The van der Waals surface area contributed by atoms with Gasteiger partial charge in [0, 0.05) is 12.1 Å². The van der Waals surface area contributed by atoms with Crippen LogP contribution in [0.4, 0.5) is 10.5 Å². The van der Waals surface area contributed by atoms with E-state index < -0.39 is 16.1 Å². The predicted octanol–water partition coefficient (Wildman–Crippen LogP) is 3.53. The summed E-state index contributed by atoms with van der Waals surface area (Å²) in [4.78, 5) is 35.5. The highest BCUT2D eigenvalue weighted by Gasteiger charge is 2.34. The normalized spacial score (nSPS) is 15.3. The monoisotopic (exact) mass is 384 g/mol. The van der Waals surface area contributed by atoms with Gasteiger partial charge in [-0.15, -0.1) is 6.42 Å². The van der Waals surface area contributed by atoms with E-state index >= 15 is 0 Å². The fourth-order valence-electron chi connectivity index (χ4n) is 2.43. The lowest BCUT2D eigenvalue weighted by atomic mass is 10.1. The Bertz CT molecular complexity index is 1020. The first-order valence-corrected chi connectivity index (χ1v) is 8.37. The van der Waals surface area contributed by atoms with Crippen molar-refractivity contribution in [2.45, 2.75) is 0 Å². The van der Waals surface area contributed by atoms with Gasteiger partial charge in [0.05, 0.1) is 35.1 Å². The van der Waals surface area contributed by atoms with Crippen molar-refractivity contribution in [2.24, 2.45) is 0 Å². The molecule has 2 aromatic rings. The van der Waals surface area contributed by atoms with Crippen molar-refractivity contribution in [2.75, 3.05) is 13.7 Å². The Hall–Kier alpha value is -3.51. The number of amides is 2. The molecule has 0 aliphatic carbocycles. The minimum Gasteiger partial charge on any atom is -0.496 e. The number of hydrogen-bond donors (Lipinski definition) is 0. The molecule has 136 valence electrons. The lowest BCUT2D eigenvalue weighted by Gasteiger charge is -2.06. The maximum atomic E-state index is 12.2. The molecule has 1 saturated heterocycles. The molecule has 1 fully saturated rings. The summed E-state index contributed by atoms with van der Waals surface area (Å²) in [6.45, 7) is -0.0919. The number of non-ortho nitro benzene ring substituents is 1. The zero-order valence-electron chi connectivity index (χ0n) is 14.0. The molecule has 2 heterocycles. The second-order valence-corrected chi connectivity index (χ2v) is 6.31. The van der Waals surface area contributed by atoms with Crippen LogP contribution in [-0.4, -0.2) is 34.6 Å². The minimum atomic E-state index is -0.522. The molecule has 1 aromatic heterocycles. The van der Waals surface area contributed by atoms with Gasteiger partial charge in [0.25, 0.3) is 16.8 Å². The Morgan fingerprint density at radius 3 is 2.81 bits per heavy atom. The lowest BCUT2D eigenvalue weighted by molar-refractivity contribution is -0.384. The summed E-state index contributed by atoms with van der Waals surface area (Å²) in [7, 11) is 1.40. The average molecular weight is 384 g/mol. The maximum Gasteiger partial charge on any atom is 0.294 e. The Balaban J connectivity index is 1.90. The fourth-order valence-corrected chi connectivity index (χ4v) is 3.25. The number of methoxy groups -OCH3 is 1. The molecule has 0 bridgehead atoms. The third-order valence-corrected chi connectivity index (χ3v) is 4.59. The van der Waals surface area contributed by atoms with E-state index in [1.165, 1.54) is 31.4 Å². The van der Waals surface area contributed by atoms with Crippen molar-refractivity contribution < 1.29 is 23.7 Å². The van der Waals surface area contributed by atoms with E-state index in [0.29, 0.717) is 17.1 Å². The second-order valence-electron chi connectivity index (χ2n) is 5.32. The summed E-state index contributed by atoms with van der Waals surface area (Å²) in [5.41, 5.74) is 0.410. The number of nitrogens with zero attached hydrogens (tertiary/aromatic N) is 2. The van der Waals surface area contributed by atoms with Gasteiger partial charge in [0.15, 0.2) is 0 Å². The number of ether oxygens (including phenoxy) is 1. The van der Waals surface area contributed by atoms with Gasteiger partial charge in [-0.1, -0.05) is 5.92 Å². The van der Waals surface area contributed by atoms with Crippen molar-refractivity contribution in [1.82, 2.24) is 4.90 Å². The summed E-state index contributed by atoms with van der Waals surface area (Å²) in [6, 6.07) is 7.40. The van der Waals surface area contributed by atoms with Crippen LogP contribution in [-0.2, 0) is 4.79 Å². The molecule has 0 atom stereocenters. The van der Waals surface area contributed by atoms with E-state index in [9.17, 15) is 19.7 Å². The number of furan rings is 1. The molecule has 0 radical (unpaired) electrons. The third kappa shape index (κ3) is 3.56. The van der Waals surface area contributed by atoms with Gasteiger partial charge < -0.3 is 9.15 Å². The molecule has 1 aliphatic rings. The van der Waals surface area contributed by atoms with Crippen molar-refractivity contribution in [3.8, 4) is 29.4 Å². The van der Waals surface area contributed by atoms with Gasteiger partial charge in [-0.2, -0.15) is 0 Å². The number of nitro groups is 1. The number of benzene rings is 1. The summed E-state index contributed by atoms with van der Waals surface area (Å²) < 4.78 is 10.9. The van der Waals surface area contributed by atoms with Crippen LogP contribution in [0.5, 0.6) is 5.75 Å². The van der Waals surface area contributed by atoms with Crippen LogP contribution in [0.15, 0.2) is 39.7 Å². The number of terminal acetylenes is 1. The number of hydrogen-bond acceptors (Lipinski definition) is 7. The van der Waals surface area contributed by atoms with Crippen LogP contribution in [0.2, 0.25) is 0 Å². The topological polar surface area (TPSA) is 103 Å². The van der Waals surface area contributed by atoms with Crippen LogP contribution in [0, 0.1) is 22.5 Å². The Labute approximate surface area is 157 Å². The molecule has 1 aliphatic heterocycles. The molecule has 0 saturated carbocycles. The van der Waals surface area contributed by atoms with Gasteiger partial charge in [-0.25, -0.2) is 0 Å². The van der Waals surface area contributed by atoms with Crippen LogP contribution in [0.25, 0.3) is 17.4 Å². The summed E-state index contributed by atoms with van der Waals surface area (Å²) in [6.07, 6.45) is 6.61. The first kappa shape index (κ1) is 18.3. The van der Waals surface area contributed by atoms with Gasteiger partial charge in [-0.3, -0.25) is 24.6 Å². The van der Waals surface area contributed by atoms with E-state index in [1.807, 2.05) is 0 Å². The van der Waals surface area contributed by atoms with Crippen LogP contribution >= 0.6 is 11.8 Å². The fraction of sp³-hybridized carbons (Fsp3) is 0.111. The molecule has 27 heavy (non-hydrogen) atoms. The largest absolute Gasteiger partial charge is 0.496 e. The quantitative estimate of drug-likeness (QED) is 0.336. The highest BCUT2D eigenvalue weighted by molar-refractivity contribution is 8.18. The Morgan fingerprint density at radius 1 is 1.37 bits per heavy atom. The first-order valence-electron chi connectivity index (χ1n) is 7.56. The molecular weight excluding hydrogens is 372 g/mol. The van der Waals surface area contributed by atoms with E-state index in [2.05, 4.69) is 5.92 Å². The lowest BCUT2D eigenvalue weighted by Crippen LogP contribution is -2.28. The van der Waals surface area contributed by atoms with E-state index in [1.54, 1.807) is 12.1 Å². The van der Waals surface area contributed by atoms with E-state index in [-0.39, 0.29) is 22.9 Å². The molecule has 3 rings (SSSR count). The summed E-state index contributed by atoms with van der Waals surface area (Å²) in [5.74, 6) is 2.81. The predicted molar refractivity (Wildman–Crippen MR) is 98.9 cm³/mol. The zero-order valence-corrected chi connectivity index (χ0v) is 14.8. The minimum absolute atomic E-state index is 0.0919. The maximum absolute atomic E-state index is 12.2. The number of carbonyl (C=O) groups is 2. The molecule has 9 heteroatoms. The smallest absolute Gasteiger partial charge is 0.294 e. The third-order valence-electron chi connectivity index (χ3n) is 3.68. The van der Waals surface area contributed by atoms with Crippen LogP contribution in [0.3, 0.4) is 0 Å². The number of rotatable bonds is 5. The summed E-state index contributed by atoms with van der Waals surface area (Å²) in [5, 5.41) is 10.4. The number of thioether (sulfide) groups is 1. The molecule has 0 unspecified atom stereocenters.